The monoisotopic (exact) mass is 291 g/mol. The largest absolute Gasteiger partial charge is 0.317 e. The lowest BCUT2D eigenvalue weighted by Crippen LogP contribution is -2.16. The molecule has 22 heavy (non-hydrogen) atoms. The van der Waals surface area contributed by atoms with Gasteiger partial charge >= 0.3 is 0 Å². The summed E-state index contributed by atoms with van der Waals surface area (Å²) in [6.45, 7) is 6.64. The van der Waals surface area contributed by atoms with Crippen molar-refractivity contribution in [3.63, 3.8) is 0 Å². The molecule has 0 aliphatic rings. The third-order valence-corrected chi connectivity index (χ3v) is 4.15. The van der Waals surface area contributed by atoms with Gasteiger partial charge in [-0.1, -0.05) is 63.2 Å². The van der Waals surface area contributed by atoms with E-state index in [4.69, 9.17) is 0 Å². The van der Waals surface area contributed by atoms with Crippen molar-refractivity contribution in [3.8, 4) is 11.1 Å². The second-order valence-corrected chi connectivity index (χ2v) is 6.83. The summed E-state index contributed by atoms with van der Waals surface area (Å²) < 4.78 is 1.66. The Morgan fingerprint density at radius 2 is 1.45 bits per heavy atom. The smallest absolute Gasteiger partial charge is 0.258 e. The predicted molar refractivity (Wildman–Crippen MR) is 93.3 cm³/mol. The Hall–Kier alpha value is -2.35. The lowest BCUT2D eigenvalue weighted by molar-refractivity contribution is 0.590. The molecule has 0 amide bonds. The molecule has 1 heterocycles. The van der Waals surface area contributed by atoms with Crippen LogP contribution in [-0.2, 0) is 12.5 Å². The van der Waals surface area contributed by atoms with Crippen LogP contribution in [-0.4, -0.2) is 4.57 Å². The summed E-state index contributed by atoms with van der Waals surface area (Å²) in [5, 5.41) is 1.77. The lowest BCUT2D eigenvalue weighted by Gasteiger charge is -2.19. The summed E-state index contributed by atoms with van der Waals surface area (Å²) in [5.41, 5.74) is 3.73. The van der Waals surface area contributed by atoms with E-state index in [1.807, 2.05) is 37.5 Å². The van der Waals surface area contributed by atoms with Crippen molar-refractivity contribution in [3.05, 3.63) is 70.6 Å². The first-order chi connectivity index (χ1) is 10.4. The number of benzene rings is 2. The third kappa shape index (κ3) is 2.45. The number of nitrogens with zero attached hydrogens (tertiary/aromatic N) is 1. The van der Waals surface area contributed by atoms with E-state index in [1.165, 1.54) is 5.56 Å². The Kier molecular flexibility index (Phi) is 3.40. The number of rotatable bonds is 1. The molecule has 0 aliphatic carbocycles. The molecule has 3 aromatic rings. The van der Waals surface area contributed by atoms with Crippen LogP contribution in [0.3, 0.4) is 0 Å². The van der Waals surface area contributed by atoms with Gasteiger partial charge in [-0.15, -0.1) is 0 Å². The maximum Gasteiger partial charge on any atom is 0.258 e. The van der Waals surface area contributed by atoms with Crippen LogP contribution in [0.25, 0.3) is 21.9 Å². The van der Waals surface area contributed by atoms with Gasteiger partial charge in [-0.05, 0) is 28.0 Å². The minimum Gasteiger partial charge on any atom is -0.317 e. The van der Waals surface area contributed by atoms with E-state index in [-0.39, 0.29) is 11.0 Å². The molecule has 0 aliphatic heterocycles. The topological polar surface area (TPSA) is 22.0 Å². The fraction of sp³-hybridized carbons (Fsp3) is 0.250. The van der Waals surface area contributed by atoms with Crippen LogP contribution in [0.15, 0.2) is 59.5 Å². The molecule has 2 nitrogen and oxygen atoms in total. The van der Waals surface area contributed by atoms with Gasteiger partial charge in [0.2, 0.25) is 0 Å². The zero-order valence-electron chi connectivity index (χ0n) is 13.6. The van der Waals surface area contributed by atoms with E-state index in [9.17, 15) is 4.79 Å². The summed E-state index contributed by atoms with van der Waals surface area (Å²) in [5.74, 6) is 0. The van der Waals surface area contributed by atoms with Gasteiger partial charge in [0.25, 0.3) is 5.56 Å². The highest BCUT2D eigenvalue weighted by Gasteiger charge is 2.14. The molecule has 0 bridgehead atoms. The van der Waals surface area contributed by atoms with Gasteiger partial charge in [-0.25, -0.2) is 0 Å². The van der Waals surface area contributed by atoms with Crippen molar-refractivity contribution >= 4 is 10.8 Å². The molecule has 0 N–H and O–H groups in total. The molecule has 0 unspecified atom stereocenters. The predicted octanol–water partition coefficient (Wildman–Crippen LogP) is 4.50. The van der Waals surface area contributed by atoms with Crippen molar-refractivity contribution in [2.45, 2.75) is 26.2 Å². The number of aryl methyl sites for hydroxylation is 1. The molecule has 1 aromatic heterocycles. The van der Waals surface area contributed by atoms with Gasteiger partial charge in [0.05, 0.1) is 0 Å². The van der Waals surface area contributed by atoms with Gasteiger partial charge in [0.1, 0.15) is 0 Å². The zero-order valence-corrected chi connectivity index (χ0v) is 13.6. The van der Waals surface area contributed by atoms with E-state index in [2.05, 4.69) is 45.0 Å². The fourth-order valence-corrected chi connectivity index (χ4v) is 2.80. The van der Waals surface area contributed by atoms with Gasteiger partial charge in [0.15, 0.2) is 0 Å². The standard InChI is InChI=1S/C20H21NO/c1-20(2,3)15-11-9-14(10-12-15)18-13-21(4)19(22)17-8-6-5-7-16(17)18/h5-13H,1-4H3. The van der Waals surface area contributed by atoms with Gasteiger partial charge < -0.3 is 4.57 Å². The maximum absolute atomic E-state index is 12.3. The van der Waals surface area contributed by atoms with Crippen LogP contribution < -0.4 is 5.56 Å². The number of aromatic nitrogens is 1. The van der Waals surface area contributed by atoms with E-state index in [0.717, 1.165) is 21.9 Å². The highest BCUT2D eigenvalue weighted by atomic mass is 16.1. The Labute approximate surface area is 131 Å². The summed E-state index contributed by atoms with van der Waals surface area (Å²) in [4.78, 5) is 12.3. The second-order valence-electron chi connectivity index (χ2n) is 6.83. The molecule has 2 aromatic carbocycles. The van der Waals surface area contributed by atoms with Crippen molar-refractivity contribution in [2.75, 3.05) is 0 Å². The minimum atomic E-state index is 0.0469. The zero-order chi connectivity index (χ0) is 15.9. The molecular formula is C20H21NO. The van der Waals surface area contributed by atoms with Crippen LogP contribution in [0.2, 0.25) is 0 Å². The quantitative estimate of drug-likeness (QED) is 0.647. The molecule has 0 saturated heterocycles. The van der Waals surface area contributed by atoms with Crippen molar-refractivity contribution in [1.29, 1.82) is 0 Å². The highest BCUT2D eigenvalue weighted by molar-refractivity contribution is 5.95. The Morgan fingerprint density at radius 3 is 2.05 bits per heavy atom. The molecule has 0 saturated carbocycles. The summed E-state index contributed by atoms with van der Waals surface area (Å²) >= 11 is 0. The molecule has 0 radical (unpaired) electrons. The van der Waals surface area contributed by atoms with Crippen molar-refractivity contribution in [2.24, 2.45) is 7.05 Å². The first-order valence-corrected chi connectivity index (χ1v) is 7.57. The first-order valence-electron chi connectivity index (χ1n) is 7.57. The molecule has 2 heteroatoms. The van der Waals surface area contributed by atoms with Gasteiger partial charge in [0, 0.05) is 24.2 Å². The molecule has 0 spiro atoms. The summed E-state index contributed by atoms with van der Waals surface area (Å²) in [6, 6.07) is 16.4. The van der Waals surface area contributed by atoms with Crippen LogP contribution in [0, 0.1) is 0 Å². The Bertz CT molecular complexity index is 880. The Balaban J connectivity index is 2.23. The van der Waals surface area contributed by atoms with E-state index in [1.54, 1.807) is 4.57 Å². The van der Waals surface area contributed by atoms with E-state index < -0.39 is 0 Å². The van der Waals surface area contributed by atoms with Crippen LogP contribution in [0.1, 0.15) is 26.3 Å². The molecule has 112 valence electrons. The van der Waals surface area contributed by atoms with Crippen molar-refractivity contribution < 1.29 is 0 Å². The fourth-order valence-electron chi connectivity index (χ4n) is 2.80. The second kappa shape index (κ2) is 5.13. The van der Waals surface area contributed by atoms with Crippen LogP contribution >= 0.6 is 0 Å². The average molecular weight is 291 g/mol. The number of hydrogen-bond donors (Lipinski definition) is 0. The van der Waals surface area contributed by atoms with Gasteiger partial charge in [-0.3, -0.25) is 4.79 Å². The normalized spacial score (nSPS) is 11.8. The van der Waals surface area contributed by atoms with Gasteiger partial charge in [-0.2, -0.15) is 0 Å². The Morgan fingerprint density at radius 1 is 0.864 bits per heavy atom. The SMILES string of the molecule is Cn1cc(-c2ccc(C(C)(C)C)cc2)c2ccccc2c1=O. The highest BCUT2D eigenvalue weighted by Crippen LogP contribution is 2.29. The van der Waals surface area contributed by atoms with Crippen LogP contribution in [0.4, 0.5) is 0 Å². The number of fused-ring (bicyclic) bond motifs is 1. The molecular weight excluding hydrogens is 270 g/mol. The van der Waals surface area contributed by atoms with Crippen molar-refractivity contribution in [1.82, 2.24) is 4.57 Å². The summed E-state index contributed by atoms with van der Waals surface area (Å²) in [7, 11) is 1.81. The first kappa shape index (κ1) is 14.6. The van der Waals surface area contributed by atoms with E-state index in [0.29, 0.717) is 0 Å². The van der Waals surface area contributed by atoms with Crippen LogP contribution in [0.5, 0.6) is 0 Å². The maximum atomic E-state index is 12.3. The van der Waals surface area contributed by atoms with E-state index >= 15 is 0 Å². The minimum absolute atomic E-state index is 0.0469. The molecule has 0 fully saturated rings. The lowest BCUT2D eigenvalue weighted by atomic mass is 9.86. The third-order valence-electron chi connectivity index (χ3n) is 4.15. The average Bonchev–Trinajstić information content (AvgIpc) is 2.50. The summed E-state index contributed by atoms with van der Waals surface area (Å²) in [6.07, 6.45) is 1.93. The number of pyridine rings is 1. The molecule has 3 rings (SSSR count). The molecule has 0 atom stereocenters. The number of hydrogen-bond acceptors (Lipinski definition) is 1.